The summed E-state index contributed by atoms with van der Waals surface area (Å²) in [6.45, 7) is 10.9. The minimum Gasteiger partial charge on any atom is -0.392 e. The third kappa shape index (κ3) is 6.21. The van der Waals surface area contributed by atoms with Crippen molar-refractivity contribution in [1.82, 2.24) is 0 Å². The van der Waals surface area contributed by atoms with Gasteiger partial charge in [0.25, 0.3) is 0 Å². The van der Waals surface area contributed by atoms with E-state index in [1.807, 2.05) is 27.7 Å². The lowest BCUT2D eigenvalue weighted by atomic mass is 10.5. The summed E-state index contributed by atoms with van der Waals surface area (Å²) in [5.41, 5.74) is 5.54. The van der Waals surface area contributed by atoms with Gasteiger partial charge in [0.15, 0.2) is 0 Å². The molecule has 0 aromatic carbocycles. The number of hydrogen-bond acceptors (Lipinski definition) is 3. The van der Waals surface area contributed by atoms with E-state index in [1.54, 1.807) is 0 Å². The molecule has 0 amide bonds. The summed E-state index contributed by atoms with van der Waals surface area (Å²) in [7, 11) is -2.00. The third-order valence-corrected chi connectivity index (χ3v) is 4.71. The summed E-state index contributed by atoms with van der Waals surface area (Å²) >= 11 is 0. The van der Waals surface area contributed by atoms with Crippen LogP contribution in [0.4, 0.5) is 0 Å². The Morgan fingerprint density at radius 2 is 1.46 bits per heavy atom. The van der Waals surface area contributed by atoms with Crippen LogP contribution >= 0.6 is 0 Å². The van der Waals surface area contributed by atoms with Gasteiger partial charge < -0.3 is 14.6 Å². The lowest BCUT2D eigenvalue weighted by Gasteiger charge is -2.30. The average molecular weight is 205 g/mol. The summed E-state index contributed by atoms with van der Waals surface area (Å²) in [6.07, 6.45) is 0.448. The zero-order valence-corrected chi connectivity index (χ0v) is 10.5. The van der Waals surface area contributed by atoms with Gasteiger partial charge in [0, 0.05) is 18.3 Å². The Hall–Kier alpha value is 0.0969. The van der Waals surface area contributed by atoms with Crippen LogP contribution in [0.5, 0.6) is 0 Å². The van der Waals surface area contributed by atoms with Gasteiger partial charge in [-0.2, -0.15) is 0 Å². The van der Waals surface area contributed by atoms with Gasteiger partial charge in [-0.3, -0.25) is 0 Å². The van der Waals surface area contributed by atoms with E-state index < -0.39 is 8.56 Å². The maximum absolute atomic E-state index is 5.83. The van der Waals surface area contributed by atoms with E-state index in [9.17, 15) is 0 Å². The van der Waals surface area contributed by atoms with Crippen molar-refractivity contribution in [1.29, 1.82) is 0 Å². The zero-order chi connectivity index (χ0) is 10.5. The van der Waals surface area contributed by atoms with Crippen LogP contribution in [-0.2, 0) is 8.85 Å². The SMILES string of the molecule is CC(C)O[Si](C)(CCN)OC(C)C. The zero-order valence-electron chi connectivity index (χ0n) is 9.46. The summed E-state index contributed by atoms with van der Waals surface area (Å²) in [5.74, 6) is 0. The molecule has 0 aliphatic rings. The Labute approximate surface area is 82.9 Å². The molecule has 0 radical (unpaired) electrons. The van der Waals surface area contributed by atoms with Crippen molar-refractivity contribution in [2.75, 3.05) is 6.54 Å². The molecule has 0 aliphatic carbocycles. The molecule has 0 rings (SSSR count). The molecule has 0 fully saturated rings. The molecule has 0 saturated carbocycles. The molecule has 4 heteroatoms. The number of hydrogen-bond donors (Lipinski definition) is 1. The lowest BCUT2D eigenvalue weighted by molar-refractivity contribution is 0.110. The normalized spacial score (nSPS) is 12.9. The molecule has 0 bridgehead atoms. The van der Waals surface area contributed by atoms with Crippen LogP contribution in [-0.4, -0.2) is 27.3 Å². The van der Waals surface area contributed by atoms with E-state index >= 15 is 0 Å². The van der Waals surface area contributed by atoms with Crippen molar-refractivity contribution in [3.63, 3.8) is 0 Å². The van der Waals surface area contributed by atoms with Gasteiger partial charge in [0.1, 0.15) is 0 Å². The van der Waals surface area contributed by atoms with Crippen LogP contribution < -0.4 is 5.73 Å². The second-order valence-corrected chi connectivity index (χ2v) is 7.24. The van der Waals surface area contributed by atoms with Crippen LogP contribution in [0.3, 0.4) is 0 Å². The Bertz CT molecular complexity index is 130. The Kier molecular flexibility index (Phi) is 5.79. The maximum Gasteiger partial charge on any atom is 0.336 e. The highest BCUT2D eigenvalue weighted by Gasteiger charge is 2.32. The summed E-state index contributed by atoms with van der Waals surface area (Å²) < 4.78 is 11.7. The summed E-state index contributed by atoms with van der Waals surface area (Å²) in [6, 6.07) is 0.864. The Morgan fingerprint density at radius 1 is 1.08 bits per heavy atom. The minimum absolute atomic E-state index is 0.224. The first-order valence-corrected chi connectivity index (χ1v) is 7.47. The van der Waals surface area contributed by atoms with E-state index in [0.29, 0.717) is 6.54 Å². The molecule has 13 heavy (non-hydrogen) atoms. The number of rotatable bonds is 6. The average Bonchev–Trinajstić information content (AvgIpc) is 1.81. The summed E-state index contributed by atoms with van der Waals surface area (Å²) in [5, 5.41) is 0. The molecule has 0 aromatic rings. The van der Waals surface area contributed by atoms with Crippen LogP contribution in [0.2, 0.25) is 12.6 Å². The van der Waals surface area contributed by atoms with E-state index in [2.05, 4.69) is 6.55 Å². The van der Waals surface area contributed by atoms with Crippen molar-refractivity contribution in [3.8, 4) is 0 Å². The third-order valence-electron chi connectivity index (χ3n) is 1.57. The van der Waals surface area contributed by atoms with Crippen molar-refractivity contribution in [3.05, 3.63) is 0 Å². The van der Waals surface area contributed by atoms with E-state index in [4.69, 9.17) is 14.6 Å². The maximum atomic E-state index is 5.83. The quantitative estimate of drug-likeness (QED) is 0.673. The highest BCUT2D eigenvalue weighted by Crippen LogP contribution is 2.16. The fourth-order valence-corrected chi connectivity index (χ4v) is 4.22. The second-order valence-electron chi connectivity index (χ2n) is 4.01. The molecule has 0 aliphatic heterocycles. The first-order valence-electron chi connectivity index (χ1n) is 4.95. The van der Waals surface area contributed by atoms with Crippen LogP contribution in [0.15, 0.2) is 0 Å². The van der Waals surface area contributed by atoms with E-state index in [1.165, 1.54) is 0 Å². The first-order chi connectivity index (χ1) is 5.89. The fourth-order valence-electron chi connectivity index (χ4n) is 1.41. The molecule has 0 unspecified atom stereocenters. The van der Waals surface area contributed by atoms with Gasteiger partial charge in [0.2, 0.25) is 0 Å². The van der Waals surface area contributed by atoms with Gasteiger partial charge in [0.05, 0.1) is 0 Å². The molecule has 2 N–H and O–H groups in total. The minimum atomic E-state index is -2.00. The Balaban J connectivity index is 4.15. The van der Waals surface area contributed by atoms with Gasteiger partial charge in [-0.15, -0.1) is 0 Å². The highest BCUT2D eigenvalue weighted by molar-refractivity contribution is 6.66. The van der Waals surface area contributed by atoms with Gasteiger partial charge in [-0.25, -0.2) is 0 Å². The topological polar surface area (TPSA) is 44.5 Å². The van der Waals surface area contributed by atoms with Crippen molar-refractivity contribution >= 4 is 8.56 Å². The smallest absolute Gasteiger partial charge is 0.336 e. The Morgan fingerprint density at radius 3 is 1.69 bits per heavy atom. The summed E-state index contributed by atoms with van der Waals surface area (Å²) in [4.78, 5) is 0. The largest absolute Gasteiger partial charge is 0.392 e. The van der Waals surface area contributed by atoms with Gasteiger partial charge in [-0.05, 0) is 40.8 Å². The molecule has 80 valence electrons. The predicted octanol–water partition coefficient (Wildman–Crippen LogP) is 1.87. The monoisotopic (exact) mass is 205 g/mol. The number of nitrogens with two attached hydrogens (primary N) is 1. The molecule has 0 heterocycles. The highest BCUT2D eigenvalue weighted by atomic mass is 28.4. The molecular weight excluding hydrogens is 182 g/mol. The molecule has 0 aromatic heterocycles. The van der Waals surface area contributed by atoms with Crippen LogP contribution in [0, 0.1) is 0 Å². The molecule has 0 spiro atoms. The predicted molar refractivity (Wildman–Crippen MR) is 57.9 cm³/mol. The van der Waals surface area contributed by atoms with Crippen molar-refractivity contribution in [2.45, 2.75) is 52.5 Å². The lowest BCUT2D eigenvalue weighted by Crippen LogP contribution is -2.44. The first kappa shape index (κ1) is 13.1. The van der Waals surface area contributed by atoms with Crippen molar-refractivity contribution < 1.29 is 8.85 Å². The molecular formula is C9H23NO2Si. The van der Waals surface area contributed by atoms with E-state index in [-0.39, 0.29) is 12.2 Å². The van der Waals surface area contributed by atoms with Gasteiger partial charge >= 0.3 is 8.56 Å². The molecule has 0 saturated heterocycles. The molecule has 0 atom stereocenters. The second kappa shape index (κ2) is 5.75. The fraction of sp³-hybridized carbons (Fsp3) is 1.00. The van der Waals surface area contributed by atoms with Crippen LogP contribution in [0.1, 0.15) is 27.7 Å². The van der Waals surface area contributed by atoms with Gasteiger partial charge in [-0.1, -0.05) is 0 Å². The standard InChI is InChI=1S/C9H23NO2Si/c1-8(2)11-13(5,7-6-10)12-9(3)4/h8-9H,6-7,10H2,1-5H3. The van der Waals surface area contributed by atoms with Crippen molar-refractivity contribution in [2.24, 2.45) is 5.73 Å². The molecule has 3 nitrogen and oxygen atoms in total. The van der Waals surface area contributed by atoms with E-state index in [0.717, 1.165) is 6.04 Å². The van der Waals surface area contributed by atoms with Crippen LogP contribution in [0.25, 0.3) is 0 Å².